The molecule has 0 radical (unpaired) electrons. The molecule has 0 bridgehead atoms. The number of benzene rings is 2. The largest absolute Gasteiger partial charge is 0.477 e. The number of hydrogen-bond acceptors (Lipinski definition) is 13. The fourth-order valence-corrected chi connectivity index (χ4v) is 7.95. The predicted octanol–water partition coefficient (Wildman–Crippen LogP) is 0.623. The van der Waals surface area contributed by atoms with Gasteiger partial charge in [0, 0.05) is 31.0 Å². The summed E-state index contributed by atoms with van der Waals surface area (Å²) < 4.78 is 3.74. The number of aromatic nitrogens is 2. The maximum atomic E-state index is 13.9. The van der Waals surface area contributed by atoms with Gasteiger partial charge in [-0.25, -0.2) is 9.59 Å². The fraction of sp³-hybridized carbons (Fsp3) is 0.233. The van der Waals surface area contributed by atoms with Crippen molar-refractivity contribution in [3.63, 3.8) is 0 Å². The number of hydroxylamine groups is 1. The van der Waals surface area contributed by atoms with Gasteiger partial charge in [-0.1, -0.05) is 77.4 Å². The first-order valence-electron chi connectivity index (χ1n) is 14.5. The topological polar surface area (TPSA) is 214 Å². The van der Waals surface area contributed by atoms with Crippen LogP contribution in [0.4, 0.5) is 4.79 Å². The van der Waals surface area contributed by atoms with Crippen LogP contribution in [-0.2, 0) is 30.5 Å². The lowest BCUT2D eigenvalue weighted by Crippen LogP contribution is -2.85. The van der Waals surface area contributed by atoms with Gasteiger partial charge in [0.15, 0.2) is 0 Å². The highest BCUT2D eigenvalue weighted by Gasteiger charge is 2.66. The van der Waals surface area contributed by atoms with Crippen LogP contribution in [0.3, 0.4) is 0 Å². The highest BCUT2D eigenvalue weighted by Crippen LogP contribution is 2.46. The zero-order chi connectivity index (χ0) is 34.9. The number of carboxylic acids is 1. The van der Waals surface area contributed by atoms with Crippen molar-refractivity contribution >= 4 is 76.0 Å². The van der Waals surface area contributed by atoms with Gasteiger partial charge in [-0.05, 0) is 22.7 Å². The highest BCUT2D eigenvalue weighted by atomic mass is 32.2. The number of hydrogen-bond donors (Lipinski definition) is 5. The number of carbonyl (C=O) groups excluding carboxylic acids is 5. The van der Waals surface area contributed by atoms with Crippen LogP contribution in [0, 0.1) is 0 Å². The van der Waals surface area contributed by atoms with Gasteiger partial charge in [-0.3, -0.25) is 29.0 Å². The molecule has 1 unspecified atom stereocenters. The number of carboxylic acid groups (broad SMARTS) is 1. The minimum absolute atomic E-state index is 0.00263. The number of rotatable bonds is 10. The minimum Gasteiger partial charge on any atom is -0.477 e. The molecular formula is C30H26N8O8S3. The summed E-state index contributed by atoms with van der Waals surface area (Å²) in [5, 5.41) is 27.9. The van der Waals surface area contributed by atoms with Crippen LogP contribution in [0.15, 0.2) is 78.1 Å². The lowest BCUT2D eigenvalue weighted by molar-refractivity contribution is -0.171. The Bertz CT molecular complexity index is 1880. The van der Waals surface area contributed by atoms with Crippen molar-refractivity contribution in [2.24, 2.45) is 0 Å². The number of aliphatic carboxylic acids is 1. The molecule has 16 nitrogen and oxygen atoms in total. The van der Waals surface area contributed by atoms with E-state index >= 15 is 0 Å². The van der Waals surface area contributed by atoms with Gasteiger partial charge in [-0.15, -0.1) is 16.9 Å². The molecule has 19 heteroatoms. The van der Waals surface area contributed by atoms with Crippen LogP contribution in [0.1, 0.15) is 22.0 Å². The number of amides is 6. The quantitative estimate of drug-likeness (QED) is 0.0486. The molecule has 4 heterocycles. The van der Waals surface area contributed by atoms with E-state index in [4.69, 9.17) is 12.2 Å². The lowest BCUT2D eigenvalue weighted by atomic mass is 9.94. The second-order valence-electron chi connectivity index (χ2n) is 11.0. The monoisotopic (exact) mass is 722 g/mol. The number of thiocarbonyl (C=S) groups is 1. The molecule has 3 aliphatic heterocycles. The van der Waals surface area contributed by atoms with Crippen molar-refractivity contribution in [1.29, 1.82) is 0 Å². The molecular weight excluding hydrogens is 697 g/mol. The zero-order valence-electron chi connectivity index (χ0n) is 25.1. The van der Waals surface area contributed by atoms with Gasteiger partial charge in [0.1, 0.15) is 17.1 Å². The Morgan fingerprint density at radius 1 is 1.02 bits per heavy atom. The number of piperazine rings is 1. The summed E-state index contributed by atoms with van der Waals surface area (Å²) in [5.41, 5.74) is 0.444. The average Bonchev–Trinajstić information content (AvgIpc) is 3.66. The van der Waals surface area contributed by atoms with Crippen LogP contribution in [0.2, 0.25) is 0 Å². The molecule has 3 aromatic rings. The third kappa shape index (κ3) is 6.17. The van der Waals surface area contributed by atoms with E-state index in [2.05, 4.69) is 20.2 Å². The van der Waals surface area contributed by atoms with Gasteiger partial charge in [0.05, 0.1) is 15.9 Å². The molecule has 252 valence electrons. The summed E-state index contributed by atoms with van der Waals surface area (Å²) in [6, 6.07) is 14.4. The van der Waals surface area contributed by atoms with E-state index in [1.807, 2.05) is 11.5 Å². The molecule has 0 saturated carbocycles. The van der Waals surface area contributed by atoms with Crippen LogP contribution in [0.25, 0.3) is 0 Å². The van der Waals surface area contributed by atoms with Crippen molar-refractivity contribution in [1.82, 2.24) is 40.4 Å². The molecule has 6 amide bonds. The molecule has 2 aromatic carbocycles. The van der Waals surface area contributed by atoms with Crippen LogP contribution in [-0.4, -0.2) is 105 Å². The Morgan fingerprint density at radius 2 is 1.71 bits per heavy atom. The van der Waals surface area contributed by atoms with Gasteiger partial charge >= 0.3 is 23.8 Å². The number of imide groups is 1. The van der Waals surface area contributed by atoms with Gasteiger partial charge < -0.3 is 25.8 Å². The van der Waals surface area contributed by atoms with E-state index < -0.39 is 58.4 Å². The van der Waals surface area contributed by atoms with Crippen molar-refractivity contribution in [3.8, 4) is 0 Å². The molecule has 5 N–H and O–H groups in total. The van der Waals surface area contributed by atoms with Gasteiger partial charge in [0.2, 0.25) is 11.6 Å². The van der Waals surface area contributed by atoms with E-state index in [0.717, 1.165) is 33.8 Å². The standard InChI is InChI=1S/C30H26N8O8S3/c39-23(33-30(34-46)27(44)38-21(26(42)43)18(15-48-28(30)38)22(47)19-13-31-35-49-19)20(17-9-5-2-6-10-17)32-29(45)37-12-11-36(24(40)25(37)41)14-16-7-3-1-4-8-16/h1-10,13,20,28,34,46H,11-12,14-15H2,(H,32,45)(H,33,39)(H,42,43)/t20?,28-,30-/m0/s1. The molecule has 3 aliphatic rings. The maximum absolute atomic E-state index is 13.9. The van der Waals surface area contributed by atoms with Crippen LogP contribution in [0.5, 0.6) is 0 Å². The maximum Gasteiger partial charge on any atom is 0.353 e. The molecule has 0 aliphatic carbocycles. The first kappa shape index (κ1) is 33.8. The third-order valence-electron chi connectivity index (χ3n) is 8.07. The number of carbonyl (C=O) groups is 6. The van der Waals surface area contributed by atoms with Crippen molar-refractivity contribution in [2.45, 2.75) is 23.6 Å². The average molecular weight is 723 g/mol. The SMILES string of the molecule is O=C(O)C1=C(C(=S)c2cnns2)CS[C@@H]2N1C(=O)[C@@]2(NO)NC(=O)C(NC(=O)N1CCN(Cc2ccccc2)C(=O)C1=O)c1ccccc1. The third-order valence-corrected chi connectivity index (χ3v) is 10.7. The van der Waals surface area contributed by atoms with E-state index in [1.54, 1.807) is 42.5 Å². The molecule has 49 heavy (non-hydrogen) atoms. The minimum atomic E-state index is -2.20. The van der Waals surface area contributed by atoms with Gasteiger partial charge in [0.25, 0.3) is 5.91 Å². The molecule has 2 fully saturated rings. The normalized spacial score (nSPS) is 21.1. The summed E-state index contributed by atoms with van der Waals surface area (Å²) in [6.07, 6.45) is 1.38. The number of nitrogens with zero attached hydrogens (tertiary/aromatic N) is 5. The second kappa shape index (κ2) is 13.8. The van der Waals surface area contributed by atoms with Crippen LogP contribution < -0.4 is 16.1 Å². The number of thioether (sulfide) groups is 1. The lowest BCUT2D eigenvalue weighted by Gasteiger charge is -2.56. The summed E-state index contributed by atoms with van der Waals surface area (Å²) in [4.78, 5) is 82.8. The first-order chi connectivity index (χ1) is 23.6. The smallest absolute Gasteiger partial charge is 0.353 e. The summed E-state index contributed by atoms with van der Waals surface area (Å²) in [5.74, 6) is -5.42. The van der Waals surface area contributed by atoms with Crippen molar-refractivity contribution in [3.05, 3.63) is 94.1 Å². The molecule has 6 rings (SSSR count). The van der Waals surface area contributed by atoms with Crippen molar-refractivity contribution in [2.75, 3.05) is 18.8 Å². The van der Waals surface area contributed by atoms with Crippen LogP contribution >= 0.6 is 35.5 Å². The molecule has 1 aromatic heterocycles. The number of fused-ring (bicyclic) bond motifs is 1. The van der Waals surface area contributed by atoms with Crippen molar-refractivity contribution < 1.29 is 39.1 Å². The van der Waals surface area contributed by atoms with E-state index in [9.17, 15) is 39.1 Å². The predicted molar refractivity (Wildman–Crippen MR) is 176 cm³/mol. The highest BCUT2D eigenvalue weighted by molar-refractivity contribution is 8.00. The summed E-state index contributed by atoms with van der Waals surface area (Å²) >= 11 is 7.45. The molecule has 2 saturated heterocycles. The zero-order valence-corrected chi connectivity index (χ0v) is 27.6. The Kier molecular flexibility index (Phi) is 9.52. The first-order valence-corrected chi connectivity index (χ1v) is 16.8. The number of nitrogens with one attached hydrogen (secondary N) is 3. The second-order valence-corrected chi connectivity index (χ2v) is 13.2. The van der Waals surface area contributed by atoms with Gasteiger partial charge in [-0.2, -0.15) is 5.48 Å². The Balaban J connectivity index is 1.21. The summed E-state index contributed by atoms with van der Waals surface area (Å²) in [6.45, 7) is 0.0812. The summed E-state index contributed by atoms with van der Waals surface area (Å²) in [7, 11) is 0. The fourth-order valence-electron chi connectivity index (χ4n) is 5.63. The Hall–Kier alpha value is -5.08. The number of urea groups is 1. The van der Waals surface area contributed by atoms with E-state index in [1.165, 1.54) is 23.2 Å². The molecule has 3 atom stereocenters. The van der Waals surface area contributed by atoms with E-state index in [0.29, 0.717) is 9.78 Å². The molecule has 0 spiro atoms. The Labute approximate surface area is 291 Å². The Morgan fingerprint density at radius 3 is 2.35 bits per heavy atom. The van der Waals surface area contributed by atoms with E-state index in [-0.39, 0.29) is 41.4 Å². The number of β-lactam (4-membered cyclic amide) rings is 1.